The highest BCUT2D eigenvalue weighted by Crippen LogP contribution is 2.21. The molecule has 9 nitrogen and oxygen atoms in total. The Balaban J connectivity index is 3.89. The van der Waals surface area contributed by atoms with Crippen molar-refractivity contribution >= 4 is 17.9 Å². The SMILES string of the molecule is CC/C=C\C/C=C\C/C=C\C/C=C\CCCCCCCCCCCCCCCCCCCCCCCCCCC(=O)OC(COC(=O)CCCCCCCCCCCCCCCCCCCCCCCCCCCCCCC/C=C\C/C=C\CCCCCCC)COC(OCC[N+](C)(C)C)C(=O)O. The maximum Gasteiger partial charge on any atom is 0.361 e. The second kappa shape index (κ2) is 84.4. The van der Waals surface area contributed by atoms with E-state index in [9.17, 15) is 19.5 Å². The number of quaternary nitrogens is 1. The summed E-state index contributed by atoms with van der Waals surface area (Å²) in [4.78, 5) is 37.8. The van der Waals surface area contributed by atoms with E-state index in [4.69, 9.17) is 18.9 Å². The molecule has 602 valence electrons. The third-order valence-corrected chi connectivity index (χ3v) is 20.4. The Morgan fingerprint density at radius 2 is 0.553 bits per heavy atom. The number of unbranched alkanes of at least 4 members (excludes halogenated alkanes) is 58. The van der Waals surface area contributed by atoms with Crippen LogP contribution in [0.3, 0.4) is 0 Å². The van der Waals surface area contributed by atoms with Gasteiger partial charge in [0, 0.05) is 12.8 Å². The fourth-order valence-corrected chi connectivity index (χ4v) is 13.6. The Hall–Kier alpha value is -3.27. The molecule has 0 aliphatic rings. The van der Waals surface area contributed by atoms with Crippen LogP contribution in [0.5, 0.6) is 0 Å². The number of hydrogen-bond donors (Lipinski definition) is 1. The number of ether oxygens (including phenoxy) is 4. The average molecular weight is 1450 g/mol. The number of likely N-dealkylation sites (N-methyl/N-ethyl adjacent to an activating group) is 1. The van der Waals surface area contributed by atoms with Crippen LogP contribution in [0.1, 0.15) is 450 Å². The van der Waals surface area contributed by atoms with Crippen molar-refractivity contribution in [2.24, 2.45) is 0 Å². The molecule has 0 fully saturated rings. The summed E-state index contributed by atoms with van der Waals surface area (Å²) >= 11 is 0. The van der Waals surface area contributed by atoms with Crippen LogP contribution >= 0.6 is 0 Å². The average Bonchev–Trinajstić information content (AvgIpc) is 1.16. The van der Waals surface area contributed by atoms with E-state index in [1.807, 2.05) is 21.1 Å². The summed E-state index contributed by atoms with van der Waals surface area (Å²) in [7, 11) is 6.00. The molecule has 0 heterocycles. The van der Waals surface area contributed by atoms with Crippen LogP contribution in [0.25, 0.3) is 0 Å². The number of aliphatic carboxylic acids is 1. The van der Waals surface area contributed by atoms with E-state index in [1.165, 1.54) is 353 Å². The van der Waals surface area contributed by atoms with Crippen molar-refractivity contribution in [3.63, 3.8) is 0 Å². The van der Waals surface area contributed by atoms with Crippen LogP contribution in [-0.2, 0) is 33.3 Å². The number of carboxylic acid groups (broad SMARTS) is 1. The van der Waals surface area contributed by atoms with E-state index in [1.54, 1.807) is 0 Å². The smallest absolute Gasteiger partial charge is 0.361 e. The van der Waals surface area contributed by atoms with E-state index in [0.717, 1.165) is 70.6 Å². The van der Waals surface area contributed by atoms with Crippen molar-refractivity contribution in [2.75, 3.05) is 47.5 Å². The lowest BCUT2D eigenvalue weighted by molar-refractivity contribution is -0.870. The predicted molar refractivity (Wildman–Crippen MR) is 447 cm³/mol. The van der Waals surface area contributed by atoms with Crippen molar-refractivity contribution < 1.29 is 42.9 Å². The topological polar surface area (TPSA) is 108 Å². The Kier molecular flexibility index (Phi) is 81.7. The number of carbonyl (C=O) groups is 3. The second-order valence-corrected chi connectivity index (χ2v) is 31.9. The van der Waals surface area contributed by atoms with Gasteiger partial charge in [-0.05, 0) is 83.5 Å². The molecule has 0 saturated heterocycles. The number of esters is 2. The number of carboxylic acids is 1. The lowest BCUT2D eigenvalue weighted by atomic mass is 10.0. The summed E-state index contributed by atoms with van der Waals surface area (Å²) < 4.78 is 23.1. The number of carbonyl (C=O) groups excluding carboxylic acids is 2. The molecular formula is C94H174NO8+. The monoisotopic (exact) mass is 1450 g/mol. The molecule has 0 saturated carbocycles. The normalized spacial score (nSPS) is 12.9. The van der Waals surface area contributed by atoms with Gasteiger partial charge >= 0.3 is 17.9 Å². The molecule has 0 aromatic carbocycles. The molecule has 0 aliphatic heterocycles. The Labute approximate surface area is 640 Å². The van der Waals surface area contributed by atoms with Crippen LogP contribution in [0.4, 0.5) is 0 Å². The quantitative estimate of drug-likeness (QED) is 0.0211. The van der Waals surface area contributed by atoms with Crippen molar-refractivity contribution in [1.82, 2.24) is 0 Å². The Bertz CT molecular complexity index is 1930. The van der Waals surface area contributed by atoms with Gasteiger partial charge in [0.05, 0.1) is 34.4 Å². The summed E-state index contributed by atoms with van der Waals surface area (Å²) in [6.45, 7) is 4.83. The lowest BCUT2D eigenvalue weighted by Gasteiger charge is -2.25. The van der Waals surface area contributed by atoms with Gasteiger partial charge in [-0.3, -0.25) is 9.59 Å². The van der Waals surface area contributed by atoms with Crippen LogP contribution in [0, 0.1) is 0 Å². The van der Waals surface area contributed by atoms with Gasteiger partial charge in [-0.25, -0.2) is 4.79 Å². The Morgan fingerprint density at radius 1 is 0.301 bits per heavy atom. The van der Waals surface area contributed by atoms with Gasteiger partial charge in [0.25, 0.3) is 6.29 Å². The number of hydrogen-bond acceptors (Lipinski definition) is 7. The molecule has 2 atom stereocenters. The number of nitrogens with zero attached hydrogens (tertiary/aromatic N) is 1. The first kappa shape index (κ1) is 99.7. The fraction of sp³-hybridized carbons (Fsp3) is 0.840. The van der Waals surface area contributed by atoms with Crippen molar-refractivity contribution in [3.8, 4) is 0 Å². The summed E-state index contributed by atoms with van der Waals surface area (Å²) in [5.74, 6) is -1.97. The van der Waals surface area contributed by atoms with E-state index in [2.05, 4.69) is 86.8 Å². The third kappa shape index (κ3) is 85.9. The molecule has 0 aromatic rings. The van der Waals surface area contributed by atoms with E-state index >= 15 is 0 Å². The van der Waals surface area contributed by atoms with Gasteiger partial charge in [-0.2, -0.15) is 0 Å². The largest absolute Gasteiger partial charge is 0.477 e. The minimum Gasteiger partial charge on any atom is -0.477 e. The molecule has 1 N–H and O–H groups in total. The maximum atomic E-state index is 13.0. The van der Waals surface area contributed by atoms with Crippen molar-refractivity contribution in [1.29, 1.82) is 0 Å². The first-order chi connectivity index (χ1) is 50.6. The van der Waals surface area contributed by atoms with E-state index in [0.29, 0.717) is 17.4 Å². The zero-order chi connectivity index (χ0) is 74.6. The molecule has 2 unspecified atom stereocenters. The summed E-state index contributed by atoms with van der Waals surface area (Å²) in [6, 6.07) is 0. The zero-order valence-electron chi connectivity index (χ0n) is 69.2. The van der Waals surface area contributed by atoms with Crippen molar-refractivity contribution in [3.05, 3.63) is 72.9 Å². The fourth-order valence-electron chi connectivity index (χ4n) is 13.6. The number of allylic oxidation sites excluding steroid dienone is 12. The van der Waals surface area contributed by atoms with Crippen LogP contribution in [0.15, 0.2) is 72.9 Å². The summed E-state index contributed by atoms with van der Waals surface area (Å²) in [5, 5.41) is 9.80. The van der Waals surface area contributed by atoms with Gasteiger partial charge in [-0.1, -0.05) is 427 Å². The third-order valence-electron chi connectivity index (χ3n) is 20.4. The molecular weight excluding hydrogens is 1270 g/mol. The van der Waals surface area contributed by atoms with Crippen molar-refractivity contribution in [2.45, 2.75) is 463 Å². The highest BCUT2D eigenvalue weighted by atomic mass is 16.7. The zero-order valence-corrected chi connectivity index (χ0v) is 69.2. The molecule has 0 radical (unpaired) electrons. The molecule has 0 amide bonds. The predicted octanol–water partition coefficient (Wildman–Crippen LogP) is 29.5. The van der Waals surface area contributed by atoms with Gasteiger partial charge in [-0.15, -0.1) is 0 Å². The minimum atomic E-state index is -1.51. The molecule has 9 heteroatoms. The van der Waals surface area contributed by atoms with E-state index in [-0.39, 0.29) is 38.2 Å². The highest BCUT2D eigenvalue weighted by Gasteiger charge is 2.25. The second-order valence-electron chi connectivity index (χ2n) is 31.9. The summed E-state index contributed by atoms with van der Waals surface area (Å²) in [6.07, 6.45) is 113. The van der Waals surface area contributed by atoms with E-state index < -0.39 is 18.4 Å². The molecule has 0 aliphatic carbocycles. The van der Waals surface area contributed by atoms with Gasteiger partial charge in [0.15, 0.2) is 6.10 Å². The highest BCUT2D eigenvalue weighted by molar-refractivity contribution is 5.71. The molecule has 103 heavy (non-hydrogen) atoms. The molecule has 0 bridgehead atoms. The molecule has 0 rings (SSSR count). The maximum absolute atomic E-state index is 13.0. The number of rotatable bonds is 85. The summed E-state index contributed by atoms with van der Waals surface area (Å²) in [5.41, 5.74) is 0. The van der Waals surface area contributed by atoms with Crippen LogP contribution in [0.2, 0.25) is 0 Å². The molecule has 0 aromatic heterocycles. The van der Waals surface area contributed by atoms with Crippen LogP contribution < -0.4 is 0 Å². The lowest BCUT2D eigenvalue weighted by Crippen LogP contribution is -2.40. The van der Waals surface area contributed by atoms with Gasteiger partial charge in [0.1, 0.15) is 13.2 Å². The first-order valence-corrected chi connectivity index (χ1v) is 45.1. The minimum absolute atomic E-state index is 0.176. The standard InChI is InChI=1S/C94H173NO8/c1-6-8-10-12-14-16-18-20-22-24-26-28-30-32-34-36-38-40-42-44-45-46-47-49-50-52-54-56-58-60-62-64-66-68-70-72-74-76-78-80-82-84-91(96)101-88-90(89-102-94(93(98)99)100-87-86-95(3,4)5)103-92(97)85-83-81-79-77-75-73-71-69-67-65-63-61-59-57-55-53-51-48-43-41-39-37-35-33-31-29-27-25-23-21-19-17-15-13-11-9-7-2/h9,11,15,17-18,20-21,23-24,26-27,29,90,94H,6-8,10,12-14,16,19,22,25,28,30-89H2,1-5H3/p+1/b11-9-,17-15-,20-18-,23-21-,26-24-,29-27-. The molecule has 0 spiro atoms. The van der Waals surface area contributed by atoms with Crippen LogP contribution in [-0.4, -0.2) is 87.4 Å². The van der Waals surface area contributed by atoms with Gasteiger partial charge in [0.2, 0.25) is 0 Å². The Morgan fingerprint density at radius 3 is 0.825 bits per heavy atom. The first-order valence-electron chi connectivity index (χ1n) is 45.1. The van der Waals surface area contributed by atoms with Gasteiger partial charge < -0.3 is 28.5 Å².